The average Bonchev–Trinajstić information content (AvgIpc) is 3.22. The predicted octanol–water partition coefficient (Wildman–Crippen LogP) is 4.29. The van der Waals surface area contributed by atoms with E-state index in [2.05, 4.69) is 54.7 Å². The van der Waals surface area contributed by atoms with Gasteiger partial charge in [-0.2, -0.15) is 0 Å². The van der Waals surface area contributed by atoms with Crippen LogP contribution in [0.5, 0.6) is 0 Å². The van der Waals surface area contributed by atoms with E-state index < -0.39 is 0 Å². The van der Waals surface area contributed by atoms with Crippen LogP contribution in [-0.4, -0.2) is 6.54 Å². The van der Waals surface area contributed by atoms with E-state index in [1.165, 1.54) is 35.6 Å². The summed E-state index contributed by atoms with van der Waals surface area (Å²) in [5.74, 6) is 0.952. The van der Waals surface area contributed by atoms with Gasteiger partial charge in [-0.1, -0.05) is 62.2 Å². The van der Waals surface area contributed by atoms with Gasteiger partial charge in [0.15, 0.2) is 0 Å². The highest BCUT2D eigenvalue weighted by Crippen LogP contribution is 2.39. The minimum absolute atomic E-state index is 0.522. The van der Waals surface area contributed by atoms with Crippen LogP contribution in [0.1, 0.15) is 37.8 Å². The molecule has 1 N–H and O–H groups in total. The Hall–Kier alpha value is -1.34. The van der Waals surface area contributed by atoms with E-state index in [1.807, 2.05) is 0 Å². The molecule has 0 saturated heterocycles. The summed E-state index contributed by atoms with van der Waals surface area (Å²) in [4.78, 5) is 0. The zero-order valence-corrected chi connectivity index (χ0v) is 11.0. The normalized spacial score (nSPS) is 16.9. The molecule has 1 aliphatic rings. The zero-order chi connectivity index (χ0) is 12.4. The van der Waals surface area contributed by atoms with Gasteiger partial charge >= 0.3 is 0 Å². The highest BCUT2D eigenvalue weighted by Gasteiger charge is 2.26. The summed E-state index contributed by atoms with van der Waals surface area (Å²) in [5.41, 5.74) is 1.47. The molecule has 1 saturated carbocycles. The van der Waals surface area contributed by atoms with E-state index in [0.717, 1.165) is 12.5 Å². The Morgan fingerprint density at radius 2 is 1.89 bits per heavy atom. The summed E-state index contributed by atoms with van der Waals surface area (Å²) < 4.78 is 0. The fourth-order valence-corrected chi connectivity index (χ4v) is 2.81. The first-order valence-electron chi connectivity index (χ1n) is 7.09. The smallest absolute Gasteiger partial charge is 0.0328 e. The van der Waals surface area contributed by atoms with E-state index in [0.29, 0.717) is 6.04 Å². The van der Waals surface area contributed by atoms with Gasteiger partial charge < -0.3 is 5.32 Å². The van der Waals surface area contributed by atoms with Gasteiger partial charge in [-0.15, -0.1) is 0 Å². The Kier molecular flexibility index (Phi) is 3.33. The van der Waals surface area contributed by atoms with Gasteiger partial charge in [0.05, 0.1) is 0 Å². The lowest BCUT2D eigenvalue weighted by molar-refractivity contribution is 0.489. The van der Waals surface area contributed by atoms with Crippen molar-refractivity contribution < 1.29 is 0 Å². The lowest BCUT2D eigenvalue weighted by Gasteiger charge is -2.20. The molecule has 1 unspecified atom stereocenters. The molecule has 3 rings (SSSR count). The number of hydrogen-bond donors (Lipinski definition) is 1. The molecule has 2 aromatic rings. The van der Waals surface area contributed by atoms with Crippen molar-refractivity contribution in [3.8, 4) is 0 Å². The standard InChI is InChI=1S/C17H21N/c1-2-18-17(12-13-10-11-13)16-9-5-7-14-6-3-4-8-15(14)16/h3-9,13,17-18H,2,10-12H2,1H3. The second-order valence-corrected chi connectivity index (χ2v) is 5.36. The topological polar surface area (TPSA) is 12.0 Å². The Balaban J connectivity index is 1.98. The molecule has 0 radical (unpaired) electrons. The minimum Gasteiger partial charge on any atom is -0.310 e. The number of rotatable bonds is 5. The highest BCUT2D eigenvalue weighted by atomic mass is 14.9. The van der Waals surface area contributed by atoms with Crippen LogP contribution in [-0.2, 0) is 0 Å². The van der Waals surface area contributed by atoms with Crippen molar-refractivity contribution in [1.82, 2.24) is 5.32 Å². The summed E-state index contributed by atoms with van der Waals surface area (Å²) in [5, 5.41) is 6.43. The van der Waals surface area contributed by atoms with Gasteiger partial charge in [0.2, 0.25) is 0 Å². The van der Waals surface area contributed by atoms with Gasteiger partial charge in [0.1, 0.15) is 0 Å². The van der Waals surface area contributed by atoms with Gasteiger partial charge in [-0.3, -0.25) is 0 Å². The first-order valence-corrected chi connectivity index (χ1v) is 7.09. The van der Waals surface area contributed by atoms with Crippen molar-refractivity contribution in [3.05, 3.63) is 48.0 Å². The first kappa shape index (κ1) is 11.7. The van der Waals surface area contributed by atoms with Gasteiger partial charge in [-0.05, 0) is 35.2 Å². The van der Waals surface area contributed by atoms with E-state index in [4.69, 9.17) is 0 Å². The molecule has 94 valence electrons. The Morgan fingerprint density at radius 1 is 1.11 bits per heavy atom. The van der Waals surface area contributed by atoms with E-state index in [9.17, 15) is 0 Å². The van der Waals surface area contributed by atoms with Crippen molar-refractivity contribution >= 4 is 10.8 Å². The Labute approximate surface area is 109 Å². The van der Waals surface area contributed by atoms with Crippen molar-refractivity contribution in [2.24, 2.45) is 5.92 Å². The molecule has 0 amide bonds. The molecule has 0 spiro atoms. The molecule has 18 heavy (non-hydrogen) atoms. The zero-order valence-electron chi connectivity index (χ0n) is 11.0. The summed E-state index contributed by atoms with van der Waals surface area (Å²) in [6.07, 6.45) is 4.14. The monoisotopic (exact) mass is 239 g/mol. The molecular weight excluding hydrogens is 218 g/mol. The molecule has 0 heterocycles. The van der Waals surface area contributed by atoms with E-state index in [-0.39, 0.29) is 0 Å². The van der Waals surface area contributed by atoms with Crippen LogP contribution in [0, 0.1) is 5.92 Å². The quantitative estimate of drug-likeness (QED) is 0.820. The molecule has 1 aliphatic carbocycles. The van der Waals surface area contributed by atoms with Crippen molar-refractivity contribution in [1.29, 1.82) is 0 Å². The first-order chi connectivity index (χ1) is 8.88. The van der Waals surface area contributed by atoms with Crippen LogP contribution >= 0.6 is 0 Å². The molecule has 1 fully saturated rings. The molecule has 1 atom stereocenters. The maximum absolute atomic E-state index is 3.66. The molecule has 0 aromatic heterocycles. The number of hydrogen-bond acceptors (Lipinski definition) is 1. The third-order valence-corrected chi connectivity index (χ3v) is 3.92. The van der Waals surface area contributed by atoms with Crippen LogP contribution in [0.15, 0.2) is 42.5 Å². The summed E-state index contributed by atoms with van der Waals surface area (Å²) >= 11 is 0. The maximum atomic E-state index is 3.66. The van der Waals surface area contributed by atoms with Crippen LogP contribution in [0.25, 0.3) is 10.8 Å². The molecular formula is C17H21N. The third kappa shape index (κ3) is 2.41. The summed E-state index contributed by atoms with van der Waals surface area (Å²) in [7, 11) is 0. The maximum Gasteiger partial charge on any atom is 0.0328 e. The van der Waals surface area contributed by atoms with Crippen molar-refractivity contribution in [2.75, 3.05) is 6.54 Å². The largest absolute Gasteiger partial charge is 0.310 e. The Morgan fingerprint density at radius 3 is 2.67 bits per heavy atom. The summed E-state index contributed by atoms with van der Waals surface area (Å²) in [6.45, 7) is 3.24. The van der Waals surface area contributed by atoms with Crippen LogP contribution in [0.2, 0.25) is 0 Å². The van der Waals surface area contributed by atoms with Crippen molar-refractivity contribution in [3.63, 3.8) is 0 Å². The lowest BCUT2D eigenvalue weighted by Crippen LogP contribution is -2.21. The van der Waals surface area contributed by atoms with E-state index >= 15 is 0 Å². The second kappa shape index (κ2) is 5.11. The Bertz CT molecular complexity index is 523. The highest BCUT2D eigenvalue weighted by molar-refractivity contribution is 5.86. The fourth-order valence-electron chi connectivity index (χ4n) is 2.81. The van der Waals surface area contributed by atoms with Crippen LogP contribution in [0.4, 0.5) is 0 Å². The molecule has 2 aromatic carbocycles. The minimum atomic E-state index is 0.522. The number of fused-ring (bicyclic) bond motifs is 1. The number of nitrogens with one attached hydrogen (secondary N) is 1. The SMILES string of the molecule is CCNC(CC1CC1)c1cccc2ccccc12. The van der Waals surface area contributed by atoms with Gasteiger partial charge in [-0.25, -0.2) is 0 Å². The number of benzene rings is 2. The molecule has 1 nitrogen and oxygen atoms in total. The fraction of sp³-hybridized carbons (Fsp3) is 0.412. The average molecular weight is 239 g/mol. The lowest BCUT2D eigenvalue weighted by atomic mass is 9.95. The van der Waals surface area contributed by atoms with Crippen molar-refractivity contribution in [2.45, 2.75) is 32.2 Å². The van der Waals surface area contributed by atoms with Gasteiger partial charge in [0.25, 0.3) is 0 Å². The summed E-state index contributed by atoms with van der Waals surface area (Å²) in [6, 6.07) is 15.9. The predicted molar refractivity (Wildman–Crippen MR) is 77.7 cm³/mol. The molecule has 1 heteroatoms. The van der Waals surface area contributed by atoms with Gasteiger partial charge in [0, 0.05) is 6.04 Å². The van der Waals surface area contributed by atoms with Crippen LogP contribution < -0.4 is 5.32 Å². The van der Waals surface area contributed by atoms with E-state index in [1.54, 1.807) is 0 Å². The molecule has 0 bridgehead atoms. The molecule has 0 aliphatic heterocycles. The van der Waals surface area contributed by atoms with Crippen LogP contribution in [0.3, 0.4) is 0 Å². The third-order valence-electron chi connectivity index (χ3n) is 3.92. The second-order valence-electron chi connectivity index (χ2n) is 5.36.